The molecule has 9 nitrogen and oxygen atoms in total. The van der Waals surface area contributed by atoms with E-state index in [1.807, 2.05) is 55.8 Å². The summed E-state index contributed by atoms with van der Waals surface area (Å²) in [4.78, 5) is 9.75. The van der Waals surface area contributed by atoms with Crippen LogP contribution in [0.5, 0.6) is 5.75 Å². The highest BCUT2D eigenvalue weighted by molar-refractivity contribution is 5.64. The first-order valence-corrected chi connectivity index (χ1v) is 11.3. The van der Waals surface area contributed by atoms with E-state index in [1.54, 1.807) is 7.05 Å². The number of aliphatic hydroxyl groups is 1. The molecule has 0 radical (unpaired) electrons. The zero-order valence-electron chi connectivity index (χ0n) is 19.6. The molecule has 0 bridgehead atoms. The molecule has 1 aliphatic heterocycles. The second-order valence-electron chi connectivity index (χ2n) is 8.44. The van der Waals surface area contributed by atoms with Gasteiger partial charge in [-0.2, -0.15) is 5.10 Å². The van der Waals surface area contributed by atoms with Gasteiger partial charge in [0.15, 0.2) is 11.6 Å². The number of likely N-dealkylation sites (N-methyl/N-ethyl adjacent to an activating group) is 1. The van der Waals surface area contributed by atoms with Crippen LogP contribution in [0.4, 0.5) is 5.82 Å². The van der Waals surface area contributed by atoms with Gasteiger partial charge in [-0.25, -0.2) is 14.6 Å². The Morgan fingerprint density at radius 1 is 1.24 bits per heavy atom. The predicted octanol–water partition coefficient (Wildman–Crippen LogP) is 2.41. The van der Waals surface area contributed by atoms with Crippen LogP contribution in [-0.2, 0) is 4.74 Å². The zero-order valence-corrected chi connectivity index (χ0v) is 19.6. The van der Waals surface area contributed by atoms with Crippen LogP contribution < -0.4 is 15.4 Å². The van der Waals surface area contributed by atoms with E-state index in [9.17, 15) is 5.11 Å². The van der Waals surface area contributed by atoms with Crippen LogP contribution in [0.1, 0.15) is 23.4 Å². The number of hydrogen-bond acceptors (Lipinski definition) is 8. The molecule has 2 aromatic heterocycles. The van der Waals surface area contributed by atoms with Gasteiger partial charge in [-0.15, -0.1) is 0 Å². The van der Waals surface area contributed by atoms with E-state index >= 15 is 0 Å². The predicted molar refractivity (Wildman–Crippen MR) is 127 cm³/mol. The number of rotatable bonds is 9. The maximum Gasteiger partial charge on any atom is 0.164 e. The van der Waals surface area contributed by atoms with Crippen LogP contribution in [0.15, 0.2) is 30.3 Å². The minimum atomic E-state index is -0.587. The van der Waals surface area contributed by atoms with Crippen molar-refractivity contribution in [2.75, 3.05) is 38.7 Å². The topological polar surface area (TPSA) is 106 Å². The average molecular weight is 453 g/mol. The summed E-state index contributed by atoms with van der Waals surface area (Å²) < 4.78 is 13.2. The monoisotopic (exact) mass is 452 g/mol. The van der Waals surface area contributed by atoms with Crippen LogP contribution in [-0.4, -0.2) is 70.4 Å². The van der Waals surface area contributed by atoms with Gasteiger partial charge < -0.3 is 25.2 Å². The third kappa shape index (κ3) is 5.50. The van der Waals surface area contributed by atoms with Crippen LogP contribution >= 0.6 is 0 Å². The zero-order chi connectivity index (χ0) is 23.4. The standard InChI is InChI=1S/C24H32N6O3/c1-15-10-16(2)30(29-15)24-17(3)22(26-19-8-9-32-13-19)27-23(28-24)18-6-5-7-21(11-18)33-14-20(31)12-25-4/h5-7,10-11,19-20,25,31H,8-9,12-14H2,1-4H3,(H,26,27,28)/t19-,20?/m1/s1. The molecule has 0 amide bonds. The second-order valence-corrected chi connectivity index (χ2v) is 8.44. The SMILES string of the molecule is CNCC(O)COc1cccc(-c2nc(N[C@@H]3CCOC3)c(C)c(-n3nc(C)cc3C)n2)c1. The van der Waals surface area contributed by atoms with Crippen molar-refractivity contribution in [3.8, 4) is 23.0 Å². The minimum absolute atomic E-state index is 0.199. The molecule has 33 heavy (non-hydrogen) atoms. The van der Waals surface area contributed by atoms with Gasteiger partial charge >= 0.3 is 0 Å². The number of aromatic nitrogens is 4. The summed E-state index contributed by atoms with van der Waals surface area (Å²) in [7, 11) is 1.79. The summed E-state index contributed by atoms with van der Waals surface area (Å²) in [5, 5.41) is 21.1. The first-order valence-electron chi connectivity index (χ1n) is 11.3. The number of nitrogens with one attached hydrogen (secondary N) is 2. The van der Waals surface area contributed by atoms with Crippen LogP contribution in [0.3, 0.4) is 0 Å². The number of anilines is 1. The van der Waals surface area contributed by atoms with Crippen molar-refractivity contribution in [3.05, 3.63) is 47.3 Å². The highest BCUT2D eigenvalue weighted by atomic mass is 16.5. The van der Waals surface area contributed by atoms with Crippen molar-refractivity contribution in [2.45, 2.75) is 39.3 Å². The molecule has 0 saturated carbocycles. The Morgan fingerprint density at radius 2 is 2.09 bits per heavy atom. The lowest BCUT2D eigenvalue weighted by atomic mass is 10.1. The summed E-state index contributed by atoms with van der Waals surface area (Å²) in [6.45, 7) is 8.07. The highest BCUT2D eigenvalue weighted by Gasteiger charge is 2.21. The van der Waals surface area contributed by atoms with Crippen molar-refractivity contribution in [1.82, 2.24) is 25.1 Å². The maximum absolute atomic E-state index is 9.95. The lowest BCUT2D eigenvalue weighted by molar-refractivity contribution is 0.108. The first-order chi connectivity index (χ1) is 15.9. The molecule has 0 spiro atoms. The third-order valence-electron chi connectivity index (χ3n) is 5.58. The van der Waals surface area contributed by atoms with E-state index < -0.39 is 6.10 Å². The maximum atomic E-state index is 9.95. The van der Waals surface area contributed by atoms with Gasteiger partial charge in [0.05, 0.1) is 18.3 Å². The molecule has 1 fully saturated rings. The molecule has 2 atom stereocenters. The molecule has 3 N–H and O–H groups in total. The Bertz CT molecular complexity index is 1090. The number of aliphatic hydroxyl groups excluding tert-OH is 1. The molecular weight excluding hydrogens is 420 g/mol. The Morgan fingerprint density at radius 3 is 2.79 bits per heavy atom. The Kier molecular flexibility index (Phi) is 7.22. The Labute approximate surface area is 194 Å². The lowest BCUT2D eigenvalue weighted by Gasteiger charge is -2.18. The average Bonchev–Trinajstić information content (AvgIpc) is 3.43. The number of benzene rings is 1. The van der Waals surface area contributed by atoms with Crippen molar-refractivity contribution in [2.24, 2.45) is 0 Å². The molecule has 176 valence electrons. The van der Waals surface area contributed by atoms with E-state index in [1.165, 1.54) is 0 Å². The fraction of sp³-hybridized carbons (Fsp3) is 0.458. The van der Waals surface area contributed by atoms with Crippen molar-refractivity contribution < 1.29 is 14.6 Å². The van der Waals surface area contributed by atoms with Crippen molar-refractivity contribution >= 4 is 5.82 Å². The first kappa shape index (κ1) is 23.2. The summed E-state index contributed by atoms with van der Waals surface area (Å²) in [5.41, 5.74) is 3.69. The minimum Gasteiger partial charge on any atom is -0.491 e. The normalized spacial score (nSPS) is 16.7. The summed E-state index contributed by atoms with van der Waals surface area (Å²) >= 11 is 0. The van der Waals surface area contributed by atoms with Gasteiger partial charge in [0, 0.05) is 30.0 Å². The molecule has 1 aliphatic rings. The van der Waals surface area contributed by atoms with E-state index in [4.69, 9.17) is 19.4 Å². The van der Waals surface area contributed by atoms with Gasteiger partial charge in [0.2, 0.25) is 0 Å². The summed E-state index contributed by atoms with van der Waals surface area (Å²) in [6.07, 6.45) is 0.350. The van der Waals surface area contributed by atoms with Crippen molar-refractivity contribution in [1.29, 1.82) is 0 Å². The van der Waals surface area contributed by atoms with E-state index in [-0.39, 0.29) is 12.6 Å². The molecular formula is C24H32N6O3. The van der Waals surface area contributed by atoms with Gasteiger partial charge in [0.25, 0.3) is 0 Å². The largest absolute Gasteiger partial charge is 0.491 e. The number of aryl methyl sites for hydroxylation is 2. The molecule has 3 aromatic rings. The fourth-order valence-electron chi connectivity index (χ4n) is 3.88. The lowest BCUT2D eigenvalue weighted by Crippen LogP contribution is -2.29. The third-order valence-corrected chi connectivity index (χ3v) is 5.58. The smallest absolute Gasteiger partial charge is 0.164 e. The van der Waals surface area contributed by atoms with E-state index in [0.717, 1.165) is 47.2 Å². The Hall–Kier alpha value is -3.01. The van der Waals surface area contributed by atoms with Gasteiger partial charge in [-0.3, -0.25) is 0 Å². The summed E-state index contributed by atoms with van der Waals surface area (Å²) in [5.74, 6) is 2.74. The molecule has 3 heterocycles. The van der Waals surface area contributed by atoms with Gasteiger partial charge in [0.1, 0.15) is 24.3 Å². The van der Waals surface area contributed by atoms with Crippen LogP contribution in [0.25, 0.3) is 17.2 Å². The van der Waals surface area contributed by atoms with Crippen molar-refractivity contribution in [3.63, 3.8) is 0 Å². The molecule has 9 heteroatoms. The van der Waals surface area contributed by atoms with E-state index in [2.05, 4.69) is 15.7 Å². The number of hydrogen-bond donors (Lipinski definition) is 3. The molecule has 1 saturated heterocycles. The van der Waals surface area contributed by atoms with Gasteiger partial charge in [-0.05, 0) is 52.4 Å². The summed E-state index contributed by atoms with van der Waals surface area (Å²) in [6, 6.07) is 9.85. The Balaban J connectivity index is 1.70. The molecule has 1 aromatic carbocycles. The molecule has 0 aliphatic carbocycles. The van der Waals surface area contributed by atoms with E-state index in [0.29, 0.717) is 24.7 Å². The fourth-order valence-corrected chi connectivity index (χ4v) is 3.88. The second kappa shape index (κ2) is 10.3. The molecule has 1 unspecified atom stereocenters. The quantitative estimate of drug-likeness (QED) is 0.455. The number of ether oxygens (including phenoxy) is 2. The molecule has 4 rings (SSSR count). The van der Waals surface area contributed by atoms with Crippen LogP contribution in [0, 0.1) is 20.8 Å². The van der Waals surface area contributed by atoms with Crippen LogP contribution in [0.2, 0.25) is 0 Å². The van der Waals surface area contributed by atoms with Gasteiger partial charge in [-0.1, -0.05) is 12.1 Å². The highest BCUT2D eigenvalue weighted by Crippen LogP contribution is 2.28. The number of nitrogens with zero attached hydrogens (tertiary/aromatic N) is 4.